The van der Waals surface area contributed by atoms with Crippen LogP contribution >= 0.6 is 0 Å². The molecule has 0 saturated heterocycles. The molecule has 3 rings (SSSR count). The van der Waals surface area contributed by atoms with Crippen LogP contribution < -0.4 is 10.1 Å². The van der Waals surface area contributed by atoms with Crippen molar-refractivity contribution < 1.29 is 9.53 Å². The van der Waals surface area contributed by atoms with Crippen LogP contribution in [0.4, 0.5) is 5.69 Å². The molecule has 1 N–H and O–H groups in total. The van der Waals surface area contributed by atoms with Crippen molar-refractivity contribution >= 4 is 22.5 Å². The van der Waals surface area contributed by atoms with Crippen LogP contribution in [0, 0.1) is 0 Å². The third-order valence-electron chi connectivity index (χ3n) is 3.54. The average molecular weight is 335 g/mol. The largest absolute Gasteiger partial charge is 0.471 e. The predicted molar refractivity (Wildman–Crippen MR) is 99.7 cm³/mol. The molecule has 0 bridgehead atoms. The SMILES string of the molecule is CC(=O)Nc1ccc(-c2ccc3ncnc(OC(C)(C)C)c3c2)cc1. The third kappa shape index (κ3) is 4.12. The third-order valence-corrected chi connectivity index (χ3v) is 3.54. The van der Waals surface area contributed by atoms with Gasteiger partial charge >= 0.3 is 0 Å². The van der Waals surface area contributed by atoms with Crippen LogP contribution in [0.2, 0.25) is 0 Å². The van der Waals surface area contributed by atoms with Gasteiger partial charge in [0.15, 0.2) is 0 Å². The molecule has 0 radical (unpaired) electrons. The van der Waals surface area contributed by atoms with Crippen molar-refractivity contribution in [3.8, 4) is 17.0 Å². The highest BCUT2D eigenvalue weighted by atomic mass is 16.5. The first kappa shape index (κ1) is 16.9. The Morgan fingerprint density at radius 1 is 1.00 bits per heavy atom. The zero-order chi connectivity index (χ0) is 18.0. The summed E-state index contributed by atoms with van der Waals surface area (Å²) in [7, 11) is 0. The fraction of sp³-hybridized carbons (Fsp3) is 0.250. The molecular formula is C20H21N3O2. The Hall–Kier alpha value is -2.95. The molecule has 1 heterocycles. The molecule has 25 heavy (non-hydrogen) atoms. The van der Waals surface area contributed by atoms with Gasteiger partial charge in [-0.2, -0.15) is 0 Å². The maximum Gasteiger partial charge on any atom is 0.224 e. The second kappa shape index (κ2) is 6.51. The summed E-state index contributed by atoms with van der Waals surface area (Å²) in [6, 6.07) is 13.7. The number of hydrogen-bond acceptors (Lipinski definition) is 4. The summed E-state index contributed by atoms with van der Waals surface area (Å²) in [5.74, 6) is 0.494. The summed E-state index contributed by atoms with van der Waals surface area (Å²) < 4.78 is 5.97. The van der Waals surface area contributed by atoms with Gasteiger partial charge in [0.05, 0.1) is 10.9 Å². The Bertz CT molecular complexity index is 912. The minimum Gasteiger partial charge on any atom is -0.471 e. The molecule has 0 unspecified atom stereocenters. The van der Waals surface area contributed by atoms with Crippen LogP contribution in [0.5, 0.6) is 5.88 Å². The van der Waals surface area contributed by atoms with E-state index in [1.165, 1.54) is 13.3 Å². The van der Waals surface area contributed by atoms with Crippen molar-refractivity contribution in [2.45, 2.75) is 33.3 Å². The molecule has 0 spiro atoms. The molecule has 0 fully saturated rings. The zero-order valence-electron chi connectivity index (χ0n) is 14.8. The Labute approximate surface area is 147 Å². The first-order valence-corrected chi connectivity index (χ1v) is 8.14. The van der Waals surface area contributed by atoms with E-state index in [2.05, 4.69) is 15.3 Å². The van der Waals surface area contributed by atoms with Gasteiger partial charge in [-0.1, -0.05) is 18.2 Å². The number of nitrogens with zero attached hydrogens (tertiary/aromatic N) is 2. The maximum absolute atomic E-state index is 11.1. The van der Waals surface area contributed by atoms with Crippen molar-refractivity contribution in [2.24, 2.45) is 0 Å². The number of anilines is 1. The average Bonchev–Trinajstić information content (AvgIpc) is 2.54. The Kier molecular flexibility index (Phi) is 4.40. The molecule has 5 nitrogen and oxygen atoms in total. The lowest BCUT2D eigenvalue weighted by molar-refractivity contribution is -0.114. The van der Waals surface area contributed by atoms with E-state index >= 15 is 0 Å². The molecular weight excluding hydrogens is 314 g/mol. The van der Waals surface area contributed by atoms with E-state index in [1.54, 1.807) is 0 Å². The summed E-state index contributed by atoms with van der Waals surface area (Å²) in [6.45, 7) is 7.47. The molecule has 0 aliphatic rings. The van der Waals surface area contributed by atoms with Gasteiger partial charge in [-0.25, -0.2) is 9.97 Å². The van der Waals surface area contributed by atoms with E-state index < -0.39 is 0 Å². The van der Waals surface area contributed by atoms with E-state index in [1.807, 2.05) is 63.2 Å². The highest BCUT2D eigenvalue weighted by molar-refractivity contribution is 5.90. The van der Waals surface area contributed by atoms with Gasteiger partial charge in [0.1, 0.15) is 11.9 Å². The second-order valence-electron chi connectivity index (χ2n) is 6.88. The lowest BCUT2D eigenvalue weighted by Gasteiger charge is -2.21. The molecule has 1 aromatic heterocycles. The van der Waals surface area contributed by atoms with Crippen LogP contribution in [-0.4, -0.2) is 21.5 Å². The maximum atomic E-state index is 11.1. The number of amides is 1. The fourth-order valence-electron chi connectivity index (χ4n) is 2.53. The van der Waals surface area contributed by atoms with Crippen LogP contribution in [0.25, 0.3) is 22.0 Å². The molecule has 1 amide bonds. The van der Waals surface area contributed by atoms with E-state index in [9.17, 15) is 4.79 Å². The van der Waals surface area contributed by atoms with Crippen LogP contribution in [-0.2, 0) is 4.79 Å². The van der Waals surface area contributed by atoms with Crippen LogP contribution in [0.3, 0.4) is 0 Å². The van der Waals surface area contributed by atoms with Crippen molar-refractivity contribution in [3.05, 3.63) is 48.8 Å². The van der Waals surface area contributed by atoms with E-state index in [0.717, 1.165) is 27.7 Å². The first-order chi connectivity index (χ1) is 11.8. The zero-order valence-corrected chi connectivity index (χ0v) is 14.8. The van der Waals surface area contributed by atoms with Crippen molar-refractivity contribution in [2.75, 3.05) is 5.32 Å². The van der Waals surface area contributed by atoms with Crippen LogP contribution in [0.15, 0.2) is 48.8 Å². The lowest BCUT2D eigenvalue weighted by Crippen LogP contribution is -2.23. The Morgan fingerprint density at radius 3 is 2.32 bits per heavy atom. The lowest BCUT2D eigenvalue weighted by atomic mass is 10.0. The van der Waals surface area contributed by atoms with Crippen LogP contribution in [0.1, 0.15) is 27.7 Å². The second-order valence-corrected chi connectivity index (χ2v) is 6.88. The van der Waals surface area contributed by atoms with Gasteiger partial charge in [0, 0.05) is 12.6 Å². The minimum atomic E-state index is -0.336. The Morgan fingerprint density at radius 2 is 1.68 bits per heavy atom. The number of carbonyl (C=O) groups is 1. The smallest absolute Gasteiger partial charge is 0.224 e. The van der Waals surface area contributed by atoms with Gasteiger partial charge in [-0.3, -0.25) is 4.79 Å². The number of hydrogen-bond donors (Lipinski definition) is 1. The molecule has 0 aliphatic heterocycles. The predicted octanol–water partition coefficient (Wildman–Crippen LogP) is 4.43. The van der Waals surface area contributed by atoms with Gasteiger partial charge in [0.25, 0.3) is 0 Å². The van der Waals surface area contributed by atoms with E-state index in [0.29, 0.717) is 5.88 Å². The number of fused-ring (bicyclic) bond motifs is 1. The summed E-state index contributed by atoms with van der Waals surface area (Å²) in [6.07, 6.45) is 1.52. The van der Waals surface area contributed by atoms with Crippen molar-refractivity contribution in [1.29, 1.82) is 0 Å². The minimum absolute atomic E-state index is 0.0837. The van der Waals surface area contributed by atoms with E-state index in [-0.39, 0.29) is 11.5 Å². The first-order valence-electron chi connectivity index (χ1n) is 8.14. The summed E-state index contributed by atoms with van der Waals surface area (Å²) >= 11 is 0. The molecule has 128 valence electrons. The Balaban J connectivity index is 2.00. The van der Waals surface area contributed by atoms with Gasteiger partial charge in [-0.15, -0.1) is 0 Å². The summed E-state index contributed by atoms with van der Waals surface area (Å²) in [4.78, 5) is 19.7. The standard InChI is InChI=1S/C20H21N3O2/c1-13(24)23-16-8-5-14(6-9-16)15-7-10-18-17(11-15)19(22-12-21-18)25-20(2,3)4/h5-12H,1-4H3,(H,23,24). The molecule has 0 aliphatic carbocycles. The number of nitrogens with one attached hydrogen (secondary N) is 1. The monoisotopic (exact) mass is 335 g/mol. The molecule has 0 atom stereocenters. The highest BCUT2D eigenvalue weighted by Gasteiger charge is 2.15. The number of benzene rings is 2. The van der Waals surface area contributed by atoms with Crippen molar-refractivity contribution in [1.82, 2.24) is 9.97 Å². The van der Waals surface area contributed by atoms with Crippen molar-refractivity contribution in [3.63, 3.8) is 0 Å². The van der Waals surface area contributed by atoms with Gasteiger partial charge < -0.3 is 10.1 Å². The normalized spacial score (nSPS) is 11.4. The molecule has 3 aromatic rings. The number of rotatable bonds is 3. The van der Waals surface area contributed by atoms with E-state index in [4.69, 9.17) is 4.74 Å². The number of carbonyl (C=O) groups excluding carboxylic acids is 1. The quantitative estimate of drug-likeness (QED) is 0.769. The summed E-state index contributed by atoms with van der Waals surface area (Å²) in [5, 5.41) is 3.64. The number of ether oxygens (including phenoxy) is 1. The van der Waals surface area contributed by atoms with Gasteiger partial charge in [-0.05, 0) is 56.2 Å². The number of aromatic nitrogens is 2. The molecule has 5 heteroatoms. The highest BCUT2D eigenvalue weighted by Crippen LogP contribution is 2.30. The topological polar surface area (TPSA) is 64.1 Å². The molecule has 2 aromatic carbocycles. The molecule has 0 saturated carbocycles. The summed E-state index contributed by atoms with van der Waals surface area (Å²) in [5.41, 5.74) is 3.36. The fourth-order valence-corrected chi connectivity index (χ4v) is 2.53. The van der Waals surface area contributed by atoms with Gasteiger partial charge in [0.2, 0.25) is 11.8 Å².